The Balaban J connectivity index is 3.41. The number of primary amides is 1. The van der Waals surface area contributed by atoms with Gasteiger partial charge in [-0.15, -0.1) is 0 Å². The first-order valence-electron chi connectivity index (χ1n) is 24.0. The quantitative estimate of drug-likeness (QED) is 0.0213. The number of unbranched alkanes of at least 4 members (excludes halogenated alkanes) is 1. The smallest absolute Gasteiger partial charge is 0.326 e. The van der Waals surface area contributed by atoms with Crippen LogP contribution in [0.1, 0.15) is 132 Å². The molecule has 0 aliphatic carbocycles. The van der Waals surface area contributed by atoms with E-state index >= 15 is 0 Å². The van der Waals surface area contributed by atoms with Gasteiger partial charge in [-0.2, -0.15) is 0 Å². The Morgan fingerprint density at radius 3 is 1.66 bits per heavy atom. The van der Waals surface area contributed by atoms with E-state index in [9.17, 15) is 48.3 Å². The molecule has 8 atom stereocenters. The molecule has 1 aliphatic rings. The van der Waals surface area contributed by atoms with E-state index in [1.807, 2.05) is 27.7 Å². The van der Waals surface area contributed by atoms with Crippen molar-refractivity contribution in [2.45, 2.75) is 181 Å². The number of amides is 8. The van der Waals surface area contributed by atoms with E-state index in [0.717, 1.165) is 0 Å². The molecule has 0 bridgehead atoms. The third kappa shape index (κ3) is 22.5. The highest BCUT2D eigenvalue weighted by atomic mass is 16.4. The molecule has 0 spiro atoms. The number of carboxylic acids is 1. The summed E-state index contributed by atoms with van der Waals surface area (Å²) in [6.07, 6.45) is 2.50. The Hall–Kier alpha value is -5.58. The summed E-state index contributed by atoms with van der Waals surface area (Å²) in [7, 11) is 0. The summed E-state index contributed by atoms with van der Waals surface area (Å²) >= 11 is 0. The molecule has 8 amide bonds. The van der Waals surface area contributed by atoms with Gasteiger partial charge in [0.15, 0.2) is 5.96 Å². The van der Waals surface area contributed by atoms with E-state index in [-0.39, 0.29) is 88.2 Å². The number of nitrogens with one attached hydrogen (secondary N) is 8. The van der Waals surface area contributed by atoms with Gasteiger partial charge in [0.1, 0.15) is 42.3 Å². The summed E-state index contributed by atoms with van der Waals surface area (Å²) in [6, 6.07) is -9.26. The zero-order chi connectivity index (χ0) is 51.8. The van der Waals surface area contributed by atoms with Crippen LogP contribution < -0.4 is 60.2 Å². The number of nitrogens with two attached hydrogens (primary N) is 4. The number of hydrogen-bond acceptors (Lipinski definition) is 12. The van der Waals surface area contributed by atoms with Crippen molar-refractivity contribution >= 4 is 59.2 Å². The lowest BCUT2D eigenvalue weighted by atomic mass is 9.99. The van der Waals surface area contributed by atoms with Crippen molar-refractivity contribution in [1.29, 1.82) is 5.41 Å². The van der Waals surface area contributed by atoms with Crippen LogP contribution in [0.4, 0.5) is 0 Å². The maximum atomic E-state index is 14.4. The Morgan fingerprint density at radius 1 is 0.632 bits per heavy atom. The van der Waals surface area contributed by atoms with Gasteiger partial charge in [-0.25, -0.2) is 4.79 Å². The molecule has 0 unspecified atom stereocenters. The second kappa shape index (κ2) is 30.7. The Bertz CT molecular complexity index is 1710. The normalized spacial score (nSPS) is 16.7. The third-order valence-corrected chi connectivity index (χ3v) is 11.3. The molecular weight excluding hydrogens is 883 g/mol. The summed E-state index contributed by atoms with van der Waals surface area (Å²) in [5.41, 5.74) is 22.6. The third-order valence-electron chi connectivity index (χ3n) is 11.3. The van der Waals surface area contributed by atoms with Crippen LogP contribution in [0.2, 0.25) is 0 Å². The number of rotatable bonds is 32. The van der Waals surface area contributed by atoms with Crippen molar-refractivity contribution in [3.63, 3.8) is 0 Å². The number of carboxylic acid groups (broad SMARTS) is 1. The van der Waals surface area contributed by atoms with Crippen LogP contribution in [0.25, 0.3) is 0 Å². The molecule has 0 radical (unpaired) electrons. The lowest BCUT2D eigenvalue weighted by molar-refractivity contribution is -0.143. The summed E-state index contributed by atoms with van der Waals surface area (Å²) in [5, 5.41) is 35.9. The van der Waals surface area contributed by atoms with E-state index in [2.05, 4.69) is 37.2 Å². The van der Waals surface area contributed by atoms with E-state index in [1.165, 1.54) is 4.90 Å². The molecule has 1 rings (SSSR count). The number of likely N-dealkylation sites (tertiary alicyclic amines) is 1. The average Bonchev–Trinajstić information content (AvgIpc) is 3.73. The summed E-state index contributed by atoms with van der Waals surface area (Å²) in [4.78, 5) is 122. The van der Waals surface area contributed by atoms with Gasteiger partial charge in [-0.1, -0.05) is 61.8 Å². The van der Waals surface area contributed by atoms with Crippen molar-refractivity contribution in [3.05, 3.63) is 0 Å². The monoisotopic (exact) mass is 966 g/mol. The van der Waals surface area contributed by atoms with Gasteiger partial charge in [0.2, 0.25) is 47.3 Å². The van der Waals surface area contributed by atoms with Crippen molar-refractivity contribution in [3.8, 4) is 0 Å². The van der Waals surface area contributed by atoms with Gasteiger partial charge < -0.3 is 70.2 Å². The molecule has 1 fully saturated rings. The molecule has 1 heterocycles. The van der Waals surface area contributed by atoms with Gasteiger partial charge >= 0.3 is 5.97 Å². The molecule has 0 aromatic rings. The van der Waals surface area contributed by atoms with Crippen LogP contribution in [0.15, 0.2) is 0 Å². The van der Waals surface area contributed by atoms with Crippen LogP contribution in [-0.4, -0.2) is 137 Å². The highest BCUT2D eigenvalue weighted by molar-refractivity contribution is 5.98. The van der Waals surface area contributed by atoms with E-state index in [1.54, 1.807) is 27.7 Å². The summed E-state index contributed by atoms with van der Waals surface area (Å²) in [5.74, 6) is -7.91. The number of aliphatic carboxylic acids is 1. The number of nitrogens with zero attached hydrogens (tertiary/aromatic N) is 1. The van der Waals surface area contributed by atoms with Gasteiger partial charge in [-0.05, 0) is 94.4 Å². The minimum atomic E-state index is -1.41. The van der Waals surface area contributed by atoms with Crippen molar-refractivity contribution in [2.24, 2.45) is 46.6 Å². The summed E-state index contributed by atoms with van der Waals surface area (Å²) < 4.78 is 0. The fraction of sp³-hybridized carbons (Fsp3) is 0.778. The average molecular weight is 966 g/mol. The first-order chi connectivity index (χ1) is 31.8. The molecule has 1 saturated heterocycles. The van der Waals surface area contributed by atoms with Crippen LogP contribution in [-0.2, 0) is 43.2 Å². The first kappa shape index (κ1) is 60.4. The standard InChI is InChI=1S/C45H83N13O10/c1-24(2)21-31(54-37(60)28(47)13-9-10-18-46)40(63)53-30(14-11-19-51-45(49)50)43(66)58-20-12-15-34(58)41(64)55-32(22-25(3)4)39(62)52-29(16-17-35(48)59)38(61)57-36(27(7)8)42(65)56-33(44(67)68)23-26(5)6/h24-34,36H,9-23,46-47H2,1-8H3,(H2,48,59)(H,52,62)(H,53,63)(H,54,60)(H,55,64)(H,56,65)(H,57,61)(H,67,68)(H4,49,50,51)/t28-,29-,30-,31-,32-,33-,34-,36-/m0/s1. The molecule has 0 aromatic heterocycles. The fourth-order valence-corrected chi connectivity index (χ4v) is 7.73. The first-order valence-corrected chi connectivity index (χ1v) is 24.0. The zero-order valence-corrected chi connectivity index (χ0v) is 41.4. The van der Waals surface area contributed by atoms with Crippen molar-refractivity contribution in [2.75, 3.05) is 19.6 Å². The Kier molecular flexibility index (Phi) is 27.3. The molecule has 0 aromatic carbocycles. The lowest BCUT2D eigenvalue weighted by Gasteiger charge is -2.31. The SMILES string of the molecule is CC(C)C[C@H](NC(=O)[C@@H](NC(=O)[C@H](CCC(N)=O)NC(=O)[C@H](CC(C)C)NC(=O)[C@@H]1CCCN1C(=O)[C@H](CCCNC(=N)N)NC(=O)[C@H](CC(C)C)NC(=O)[C@@H](N)CCCCN)C(C)C)C(=O)O. The van der Waals surface area contributed by atoms with Crippen LogP contribution in [0, 0.1) is 29.1 Å². The Labute approximate surface area is 401 Å². The fourth-order valence-electron chi connectivity index (χ4n) is 7.73. The predicted octanol–water partition coefficient (Wildman–Crippen LogP) is -1.25. The topological polar surface area (TPSA) is 389 Å². The number of carbonyl (C=O) groups is 9. The Morgan fingerprint density at radius 2 is 1.15 bits per heavy atom. The molecule has 17 N–H and O–H groups in total. The van der Waals surface area contributed by atoms with Crippen molar-refractivity contribution in [1.82, 2.24) is 42.1 Å². The molecule has 23 nitrogen and oxygen atoms in total. The van der Waals surface area contributed by atoms with Gasteiger partial charge in [0.25, 0.3) is 0 Å². The maximum Gasteiger partial charge on any atom is 0.326 e. The van der Waals surface area contributed by atoms with Crippen LogP contribution in [0.3, 0.4) is 0 Å². The molecule has 0 saturated carbocycles. The van der Waals surface area contributed by atoms with Gasteiger partial charge in [-0.3, -0.25) is 43.8 Å². The van der Waals surface area contributed by atoms with Gasteiger partial charge in [0, 0.05) is 19.5 Å². The van der Waals surface area contributed by atoms with Gasteiger partial charge in [0.05, 0.1) is 6.04 Å². The molecule has 68 heavy (non-hydrogen) atoms. The zero-order valence-electron chi connectivity index (χ0n) is 41.4. The highest BCUT2D eigenvalue weighted by Crippen LogP contribution is 2.21. The predicted molar refractivity (Wildman–Crippen MR) is 256 cm³/mol. The molecule has 23 heteroatoms. The minimum Gasteiger partial charge on any atom is -0.480 e. The largest absolute Gasteiger partial charge is 0.480 e. The second-order valence-electron chi connectivity index (χ2n) is 19.3. The molecule has 388 valence electrons. The maximum absolute atomic E-state index is 14.4. The number of guanidine groups is 1. The minimum absolute atomic E-state index is 0.0414. The number of carbonyl (C=O) groups excluding carboxylic acids is 8. The molecular formula is C45H83N13O10. The highest BCUT2D eigenvalue weighted by Gasteiger charge is 2.40. The van der Waals surface area contributed by atoms with E-state index < -0.39 is 107 Å². The van der Waals surface area contributed by atoms with E-state index in [4.69, 9.17) is 28.3 Å². The van der Waals surface area contributed by atoms with Crippen LogP contribution >= 0.6 is 0 Å². The van der Waals surface area contributed by atoms with Crippen LogP contribution in [0.5, 0.6) is 0 Å². The van der Waals surface area contributed by atoms with Crippen molar-refractivity contribution < 1.29 is 48.3 Å². The lowest BCUT2D eigenvalue weighted by Crippen LogP contribution is -2.60. The molecule has 1 aliphatic heterocycles. The second-order valence-corrected chi connectivity index (χ2v) is 19.3. The van der Waals surface area contributed by atoms with E-state index in [0.29, 0.717) is 32.2 Å². The number of hydrogen-bond donors (Lipinski definition) is 13. The summed E-state index contributed by atoms with van der Waals surface area (Å²) in [6.45, 7) is 15.0.